The van der Waals surface area contributed by atoms with Gasteiger partial charge < -0.3 is 10.0 Å². The normalized spacial score (nSPS) is 10.6. The first-order chi connectivity index (χ1) is 9.63. The van der Waals surface area contributed by atoms with E-state index in [4.69, 9.17) is 5.11 Å². The second kappa shape index (κ2) is 9.77. The lowest BCUT2D eigenvalue weighted by atomic mass is 10.2. The third kappa shape index (κ3) is 6.91. The minimum atomic E-state index is -0.238. The van der Waals surface area contributed by atoms with E-state index in [1.165, 1.54) is 23.9 Å². The highest BCUT2D eigenvalue weighted by atomic mass is 32.2. The molecule has 0 spiro atoms. The summed E-state index contributed by atoms with van der Waals surface area (Å²) in [5, 5.41) is 8.67. The lowest BCUT2D eigenvalue weighted by Gasteiger charge is -2.16. The van der Waals surface area contributed by atoms with Crippen LogP contribution in [0.2, 0.25) is 0 Å². The summed E-state index contributed by atoms with van der Waals surface area (Å²) in [4.78, 5) is 13.6. The Morgan fingerprint density at radius 1 is 1.25 bits per heavy atom. The van der Waals surface area contributed by atoms with Crippen LogP contribution in [-0.4, -0.2) is 41.9 Å². The molecule has 1 N–H and O–H groups in total. The third-order valence-electron chi connectivity index (χ3n) is 2.98. The molecule has 0 heterocycles. The van der Waals surface area contributed by atoms with Crippen LogP contribution in [0.3, 0.4) is 0 Å². The van der Waals surface area contributed by atoms with Gasteiger partial charge in [-0.05, 0) is 37.0 Å². The number of unbranched alkanes of at least 4 members (excludes halogenated alkanes) is 2. The van der Waals surface area contributed by atoms with Crippen molar-refractivity contribution in [1.29, 1.82) is 0 Å². The number of amides is 1. The van der Waals surface area contributed by atoms with Crippen LogP contribution in [0.1, 0.15) is 24.8 Å². The number of thioether (sulfide) groups is 1. The predicted octanol–water partition coefficient (Wildman–Crippen LogP) is 2.68. The lowest BCUT2D eigenvalue weighted by molar-refractivity contribution is -0.127. The first-order valence-corrected chi connectivity index (χ1v) is 7.96. The van der Waals surface area contributed by atoms with Gasteiger partial charge in [-0.15, -0.1) is 11.8 Å². The number of carbonyl (C=O) groups excluding carboxylic acids is 1. The van der Waals surface area contributed by atoms with E-state index in [0.29, 0.717) is 11.5 Å². The molecule has 20 heavy (non-hydrogen) atoms. The molecular formula is C15H22FNO2S. The van der Waals surface area contributed by atoms with Crippen molar-refractivity contribution in [3.63, 3.8) is 0 Å². The largest absolute Gasteiger partial charge is 0.396 e. The maximum Gasteiger partial charge on any atom is 0.232 e. The molecule has 1 aromatic rings. The summed E-state index contributed by atoms with van der Waals surface area (Å²) >= 11 is 1.54. The Labute approximate surface area is 124 Å². The topological polar surface area (TPSA) is 40.5 Å². The van der Waals surface area contributed by atoms with E-state index in [2.05, 4.69) is 0 Å². The molecule has 0 radical (unpaired) electrons. The molecule has 0 saturated heterocycles. The molecule has 0 aliphatic rings. The van der Waals surface area contributed by atoms with E-state index in [1.807, 2.05) is 0 Å². The Balaban J connectivity index is 2.17. The lowest BCUT2D eigenvalue weighted by Crippen LogP contribution is -2.29. The number of hydrogen-bond acceptors (Lipinski definition) is 3. The number of halogens is 1. The van der Waals surface area contributed by atoms with Gasteiger partial charge >= 0.3 is 0 Å². The average Bonchev–Trinajstić information content (AvgIpc) is 2.45. The highest BCUT2D eigenvalue weighted by Crippen LogP contribution is 2.13. The van der Waals surface area contributed by atoms with Gasteiger partial charge in [0.25, 0.3) is 0 Å². The van der Waals surface area contributed by atoms with Crippen LogP contribution >= 0.6 is 11.8 Å². The molecule has 1 amide bonds. The minimum Gasteiger partial charge on any atom is -0.396 e. The minimum absolute atomic E-state index is 0.112. The number of benzene rings is 1. The maximum atomic E-state index is 12.7. The van der Waals surface area contributed by atoms with Gasteiger partial charge in [-0.1, -0.05) is 12.1 Å². The van der Waals surface area contributed by atoms with Crippen LogP contribution in [0.5, 0.6) is 0 Å². The fraction of sp³-hybridized carbons (Fsp3) is 0.533. The number of aliphatic hydroxyl groups is 1. The molecule has 0 aliphatic carbocycles. The van der Waals surface area contributed by atoms with Crippen molar-refractivity contribution >= 4 is 17.7 Å². The first-order valence-electron chi connectivity index (χ1n) is 6.80. The highest BCUT2D eigenvalue weighted by molar-refractivity contribution is 7.99. The zero-order chi connectivity index (χ0) is 14.8. The van der Waals surface area contributed by atoms with Gasteiger partial charge in [-0.3, -0.25) is 4.79 Å². The van der Waals surface area contributed by atoms with Crippen molar-refractivity contribution in [1.82, 2.24) is 4.90 Å². The number of aliphatic hydroxyl groups excluding tert-OH is 1. The summed E-state index contributed by atoms with van der Waals surface area (Å²) in [6.07, 6.45) is 2.66. The molecule has 5 heteroatoms. The van der Waals surface area contributed by atoms with Crippen molar-refractivity contribution in [3.05, 3.63) is 35.6 Å². The third-order valence-corrected chi connectivity index (χ3v) is 3.97. The summed E-state index contributed by atoms with van der Waals surface area (Å²) in [6, 6.07) is 6.35. The van der Waals surface area contributed by atoms with Gasteiger partial charge in [0.05, 0.1) is 5.75 Å². The Morgan fingerprint density at radius 3 is 2.60 bits per heavy atom. The Morgan fingerprint density at radius 2 is 1.95 bits per heavy atom. The van der Waals surface area contributed by atoms with Gasteiger partial charge in [0, 0.05) is 26.0 Å². The number of carbonyl (C=O) groups is 1. The molecule has 0 unspecified atom stereocenters. The average molecular weight is 299 g/mol. The fourth-order valence-corrected chi connectivity index (χ4v) is 2.63. The van der Waals surface area contributed by atoms with Gasteiger partial charge in [0.15, 0.2) is 0 Å². The molecule has 0 aliphatic heterocycles. The number of rotatable bonds is 9. The summed E-state index contributed by atoms with van der Waals surface area (Å²) in [7, 11) is 1.81. The van der Waals surface area contributed by atoms with Crippen molar-refractivity contribution in [2.24, 2.45) is 0 Å². The van der Waals surface area contributed by atoms with E-state index >= 15 is 0 Å². The molecule has 1 aromatic carbocycles. The van der Waals surface area contributed by atoms with Crippen molar-refractivity contribution in [3.8, 4) is 0 Å². The van der Waals surface area contributed by atoms with Crippen molar-refractivity contribution in [2.45, 2.75) is 25.0 Å². The van der Waals surface area contributed by atoms with Gasteiger partial charge in [-0.2, -0.15) is 0 Å². The predicted molar refractivity (Wildman–Crippen MR) is 81.1 cm³/mol. The monoisotopic (exact) mass is 299 g/mol. The maximum absolute atomic E-state index is 12.7. The quantitative estimate of drug-likeness (QED) is 0.713. The molecule has 3 nitrogen and oxygen atoms in total. The van der Waals surface area contributed by atoms with Crippen LogP contribution < -0.4 is 0 Å². The van der Waals surface area contributed by atoms with Gasteiger partial charge in [0.1, 0.15) is 5.82 Å². The number of hydrogen-bond donors (Lipinski definition) is 1. The van der Waals surface area contributed by atoms with Crippen LogP contribution in [0.25, 0.3) is 0 Å². The van der Waals surface area contributed by atoms with E-state index in [1.54, 1.807) is 24.1 Å². The van der Waals surface area contributed by atoms with Crippen LogP contribution in [0.15, 0.2) is 24.3 Å². The van der Waals surface area contributed by atoms with Crippen LogP contribution in [0, 0.1) is 5.82 Å². The van der Waals surface area contributed by atoms with Crippen molar-refractivity contribution < 1.29 is 14.3 Å². The zero-order valence-corrected chi connectivity index (χ0v) is 12.7. The Bertz CT molecular complexity index is 397. The summed E-state index contributed by atoms with van der Waals surface area (Å²) in [6.45, 7) is 0.946. The van der Waals surface area contributed by atoms with E-state index in [-0.39, 0.29) is 18.3 Å². The number of nitrogens with zero attached hydrogens (tertiary/aromatic N) is 1. The van der Waals surface area contributed by atoms with Gasteiger partial charge in [0.2, 0.25) is 5.91 Å². The Hall–Kier alpha value is -1.07. The van der Waals surface area contributed by atoms with E-state index < -0.39 is 0 Å². The molecule has 112 valence electrons. The van der Waals surface area contributed by atoms with E-state index in [0.717, 1.165) is 31.4 Å². The zero-order valence-electron chi connectivity index (χ0n) is 11.8. The first kappa shape index (κ1) is 17.0. The van der Waals surface area contributed by atoms with Gasteiger partial charge in [-0.25, -0.2) is 4.39 Å². The standard InChI is InChI=1S/C15H22FNO2S/c1-17(9-3-2-4-10-18)15(19)12-20-11-13-5-7-14(16)8-6-13/h5-8,18H,2-4,9-12H2,1H3. The molecule has 0 aromatic heterocycles. The summed E-state index contributed by atoms with van der Waals surface area (Å²) in [5.41, 5.74) is 1.02. The fourth-order valence-electron chi connectivity index (χ4n) is 1.71. The van der Waals surface area contributed by atoms with E-state index in [9.17, 15) is 9.18 Å². The van der Waals surface area contributed by atoms with Crippen LogP contribution in [-0.2, 0) is 10.5 Å². The molecule has 0 bridgehead atoms. The highest BCUT2D eigenvalue weighted by Gasteiger charge is 2.08. The molecule has 0 atom stereocenters. The van der Waals surface area contributed by atoms with Crippen LogP contribution in [0.4, 0.5) is 4.39 Å². The second-order valence-electron chi connectivity index (χ2n) is 4.72. The molecular weight excluding hydrogens is 277 g/mol. The summed E-state index contributed by atoms with van der Waals surface area (Å²) in [5.74, 6) is 1.02. The molecule has 1 rings (SSSR count). The Kier molecular flexibility index (Phi) is 8.30. The molecule has 0 fully saturated rings. The SMILES string of the molecule is CN(CCCCCO)C(=O)CSCc1ccc(F)cc1. The second-order valence-corrected chi connectivity index (χ2v) is 5.70. The smallest absolute Gasteiger partial charge is 0.232 e. The summed E-state index contributed by atoms with van der Waals surface area (Å²) < 4.78 is 12.7. The molecule has 0 saturated carbocycles. The van der Waals surface area contributed by atoms with Crippen molar-refractivity contribution in [2.75, 3.05) is 26.0 Å².